The van der Waals surface area contributed by atoms with Crippen LogP contribution >= 0.6 is 0 Å². The molecule has 0 spiro atoms. The summed E-state index contributed by atoms with van der Waals surface area (Å²) in [7, 11) is 0. The molecule has 0 unspecified atom stereocenters. The number of carbonyl (C=O) groups is 1. The molecule has 5 nitrogen and oxygen atoms in total. The van der Waals surface area contributed by atoms with Crippen molar-refractivity contribution in [3.8, 4) is 22.3 Å². The Hall–Kier alpha value is -3.48. The van der Waals surface area contributed by atoms with E-state index >= 15 is 0 Å². The van der Waals surface area contributed by atoms with Gasteiger partial charge in [-0.25, -0.2) is 13.6 Å². The summed E-state index contributed by atoms with van der Waals surface area (Å²) in [6.07, 6.45) is 2.15. The van der Waals surface area contributed by atoms with Crippen molar-refractivity contribution in [2.75, 3.05) is 0 Å². The molecule has 7 heteroatoms. The molecule has 0 saturated heterocycles. The maximum atomic E-state index is 13.8. The number of alkyl halides is 2. The third kappa shape index (κ3) is 4.11. The number of rotatable bonds is 5. The number of benzene rings is 2. The summed E-state index contributed by atoms with van der Waals surface area (Å²) >= 11 is 0. The number of hydrogen-bond acceptors (Lipinski definition) is 3. The molecular formula is C27H26F2N2O3. The molecule has 4 aromatic rings. The molecule has 0 bridgehead atoms. The summed E-state index contributed by atoms with van der Waals surface area (Å²) in [6, 6.07) is 11.3. The third-order valence-electron chi connectivity index (χ3n) is 6.60. The lowest BCUT2D eigenvalue weighted by molar-refractivity contribution is -0.0472. The Kier molecular flexibility index (Phi) is 3.99. The maximum absolute atomic E-state index is 13.8. The number of fused-ring (bicyclic) bond motifs is 1. The lowest BCUT2D eigenvalue weighted by atomic mass is 9.87. The van der Waals surface area contributed by atoms with E-state index in [1.165, 1.54) is 12.1 Å². The predicted octanol–water partition coefficient (Wildman–Crippen LogP) is 7.10. The molecule has 5 rings (SSSR count). The Labute approximate surface area is 204 Å². The first-order chi connectivity index (χ1) is 18.6. The van der Waals surface area contributed by atoms with Crippen LogP contribution in [0.1, 0.15) is 55.7 Å². The smallest absolute Gasteiger partial charge is 0.335 e. The fraction of sp³-hybridized carbons (Fsp3) is 0.333. The Bertz CT molecular complexity index is 1530. The second-order valence-corrected chi connectivity index (χ2v) is 8.84. The molecule has 1 N–H and O–H groups in total. The van der Waals surface area contributed by atoms with Gasteiger partial charge in [-0.3, -0.25) is 0 Å². The molecule has 2 heterocycles. The number of nitrogens with zero attached hydrogens (tertiary/aromatic N) is 2. The first kappa shape index (κ1) is 16.2. The number of carboxylic acids is 1. The van der Waals surface area contributed by atoms with Gasteiger partial charge in [0.15, 0.2) is 0 Å². The zero-order valence-electron chi connectivity index (χ0n) is 24.1. The number of aromatic nitrogens is 2. The van der Waals surface area contributed by atoms with Gasteiger partial charge >= 0.3 is 5.97 Å². The highest BCUT2D eigenvalue weighted by Gasteiger charge is 2.35. The van der Waals surface area contributed by atoms with E-state index < -0.39 is 37.0 Å². The molecule has 0 aliphatic heterocycles. The number of carboxylic acid groups (broad SMARTS) is 1. The summed E-state index contributed by atoms with van der Waals surface area (Å²) in [5.41, 5.74) is 1.95. The molecular weight excluding hydrogens is 438 g/mol. The number of aryl methyl sites for hydroxylation is 2. The molecule has 0 radical (unpaired) electrons. The van der Waals surface area contributed by atoms with Crippen LogP contribution in [0.2, 0.25) is 0 Å². The third-order valence-corrected chi connectivity index (χ3v) is 6.60. The van der Waals surface area contributed by atoms with Crippen LogP contribution in [0.25, 0.3) is 33.2 Å². The van der Waals surface area contributed by atoms with E-state index in [9.17, 15) is 18.7 Å². The van der Waals surface area contributed by atoms with Crippen molar-refractivity contribution < 1.29 is 31.4 Å². The molecule has 1 saturated carbocycles. The molecule has 0 atom stereocenters. The van der Waals surface area contributed by atoms with Gasteiger partial charge in [0, 0.05) is 55.8 Å². The lowest BCUT2D eigenvalue weighted by Crippen LogP contribution is -2.26. The monoisotopic (exact) mass is 470 g/mol. The topological polar surface area (TPSA) is 68.3 Å². The molecule has 1 aliphatic rings. The molecule has 176 valence electrons. The van der Waals surface area contributed by atoms with Crippen molar-refractivity contribution in [3.05, 3.63) is 65.7 Å². The van der Waals surface area contributed by atoms with Gasteiger partial charge in [-0.1, -0.05) is 29.4 Å². The predicted molar refractivity (Wildman–Crippen MR) is 126 cm³/mol. The Morgan fingerprint density at radius 1 is 1.18 bits per heavy atom. The average molecular weight is 471 g/mol. The van der Waals surface area contributed by atoms with Crippen LogP contribution in [-0.4, -0.2) is 26.7 Å². The van der Waals surface area contributed by atoms with E-state index in [1.54, 1.807) is 30.3 Å². The Morgan fingerprint density at radius 2 is 1.91 bits per heavy atom. The average Bonchev–Trinajstić information content (AvgIpc) is 3.48. The van der Waals surface area contributed by atoms with Crippen LogP contribution in [0.5, 0.6) is 0 Å². The lowest BCUT2D eigenvalue weighted by Gasteiger charge is -2.28. The zero-order valence-corrected chi connectivity index (χ0v) is 18.1. The van der Waals surface area contributed by atoms with Crippen LogP contribution in [0.4, 0.5) is 8.78 Å². The maximum Gasteiger partial charge on any atom is 0.335 e. The molecule has 2 aromatic carbocycles. The van der Waals surface area contributed by atoms with Gasteiger partial charge < -0.3 is 14.2 Å². The van der Waals surface area contributed by atoms with E-state index in [2.05, 4.69) is 5.16 Å². The first-order valence-corrected chi connectivity index (χ1v) is 11.0. The molecule has 2 aromatic heterocycles. The fourth-order valence-electron chi connectivity index (χ4n) is 4.74. The van der Waals surface area contributed by atoms with Crippen LogP contribution in [0, 0.1) is 19.6 Å². The van der Waals surface area contributed by atoms with Crippen molar-refractivity contribution >= 4 is 16.9 Å². The second-order valence-electron chi connectivity index (χ2n) is 8.84. The van der Waals surface area contributed by atoms with E-state index in [4.69, 9.17) is 12.7 Å². The van der Waals surface area contributed by atoms with Crippen LogP contribution < -0.4 is 0 Å². The van der Waals surface area contributed by atoms with Crippen molar-refractivity contribution in [1.82, 2.24) is 9.72 Å². The highest BCUT2D eigenvalue weighted by Crippen LogP contribution is 2.39. The largest absolute Gasteiger partial charge is 0.478 e. The van der Waals surface area contributed by atoms with Gasteiger partial charge in [0.1, 0.15) is 5.76 Å². The summed E-state index contributed by atoms with van der Waals surface area (Å²) in [6.45, 7) is -5.07. The normalized spacial score (nSPS) is 19.6. The number of halogens is 2. The van der Waals surface area contributed by atoms with E-state index in [1.807, 2.05) is 10.8 Å². The van der Waals surface area contributed by atoms with Gasteiger partial charge in [0.05, 0.1) is 11.3 Å². The van der Waals surface area contributed by atoms with Gasteiger partial charge in [-0.05, 0) is 61.8 Å². The first-order valence-electron chi connectivity index (χ1n) is 14.0. The Balaban J connectivity index is 1.66. The summed E-state index contributed by atoms with van der Waals surface area (Å²) in [5.74, 6) is -4.29. The van der Waals surface area contributed by atoms with Crippen LogP contribution in [-0.2, 0) is 6.54 Å². The van der Waals surface area contributed by atoms with Gasteiger partial charge in [0.2, 0.25) is 5.92 Å². The van der Waals surface area contributed by atoms with Crippen LogP contribution in [0.3, 0.4) is 0 Å². The minimum Gasteiger partial charge on any atom is -0.478 e. The summed E-state index contributed by atoms with van der Waals surface area (Å²) in [5, 5.41) is 13.6. The van der Waals surface area contributed by atoms with Crippen LogP contribution in [0.15, 0.2) is 53.2 Å². The van der Waals surface area contributed by atoms with E-state index in [0.717, 1.165) is 16.5 Å². The summed E-state index contributed by atoms with van der Waals surface area (Å²) < 4.78 is 81.7. The van der Waals surface area contributed by atoms with Gasteiger partial charge in [0.25, 0.3) is 0 Å². The Morgan fingerprint density at radius 3 is 2.59 bits per heavy atom. The van der Waals surface area contributed by atoms with E-state index in [-0.39, 0.29) is 35.4 Å². The highest BCUT2D eigenvalue weighted by molar-refractivity contribution is 5.99. The number of aromatic carboxylic acids is 1. The molecule has 1 fully saturated rings. The van der Waals surface area contributed by atoms with Crippen molar-refractivity contribution in [1.29, 1.82) is 0 Å². The minimum atomic E-state index is -2.76. The summed E-state index contributed by atoms with van der Waals surface area (Å²) in [4.78, 5) is 11.3. The van der Waals surface area contributed by atoms with Gasteiger partial charge in [-0.15, -0.1) is 0 Å². The molecule has 34 heavy (non-hydrogen) atoms. The van der Waals surface area contributed by atoms with Crippen molar-refractivity contribution in [2.24, 2.45) is 5.92 Å². The van der Waals surface area contributed by atoms with E-state index in [0.29, 0.717) is 24.9 Å². The minimum absolute atomic E-state index is 0.0208. The fourth-order valence-corrected chi connectivity index (χ4v) is 4.74. The molecule has 0 amide bonds. The zero-order chi connectivity index (χ0) is 29.0. The number of hydrogen-bond donors (Lipinski definition) is 1. The highest BCUT2D eigenvalue weighted by atomic mass is 19.3. The molecule has 1 aliphatic carbocycles. The van der Waals surface area contributed by atoms with Crippen molar-refractivity contribution in [3.63, 3.8) is 0 Å². The van der Waals surface area contributed by atoms with Gasteiger partial charge in [-0.2, -0.15) is 0 Å². The second kappa shape index (κ2) is 8.38. The van der Waals surface area contributed by atoms with Crippen molar-refractivity contribution in [2.45, 2.75) is 51.9 Å². The standard InChI is InChI=1S/C27H26F2N2O3/c1-16-25(17(2)34-30-16)21-7-8-22-23(19-3-5-20(6-4-19)26(32)33)15-31(24(22)13-21)14-18-9-11-27(28,29)12-10-18/h3-8,13,15,18H,9-12,14H2,1-2H3,(H,32,33)/i1D3,2D3. The SMILES string of the molecule is [2H]C([2H])([2H])c1noc(C([2H])([2H])[2H])c1-c1ccc2c(-c3ccc(C(=O)O)cc3)cn(CC3CCC(F)(F)CC3)c2c1. The quantitative estimate of drug-likeness (QED) is 0.338.